The van der Waals surface area contributed by atoms with Crippen molar-refractivity contribution in [1.82, 2.24) is 5.32 Å². The highest BCUT2D eigenvalue weighted by Crippen LogP contribution is 2.27. The van der Waals surface area contributed by atoms with Crippen molar-refractivity contribution >= 4 is 28.2 Å². The summed E-state index contributed by atoms with van der Waals surface area (Å²) in [5.41, 5.74) is 2.22. The maximum Gasteiger partial charge on any atom is 0.293 e. The first-order valence-corrected chi connectivity index (χ1v) is 11.2. The summed E-state index contributed by atoms with van der Waals surface area (Å²) in [6.07, 6.45) is 0.387. The van der Waals surface area contributed by atoms with Crippen molar-refractivity contribution in [3.63, 3.8) is 0 Å². The summed E-state index contributed by atoms with van der Waals surface area (Å²) >= 11 is 0. The minimum absolute atomic E-state index is 0.0894. The lowest BCUT2D eigenvalue weighted by molar-refractivity contribution is -0.134. The van der Waals surface area contributed by atoms with Crippen molar-refractivity contribution in [3.8, 4) is 11.1 Å². The van der Waals surface area contributed by atoms with Crippen LogP contribution in [0.5, 0.6) is 0 Å². The van der Waals surface area contributed by atoms with Gasteiger partial charge in [0, 0.05) is 25.2 Å². The van der Waals surface area contributed by atoms with Crippen molar-refractivity contribution in [2.45, 2.75) is 19.6 Å². The molecule has 0 fully saturated rings. The van der Waals surface area contributed by atoms with E-state index in [4.69, 9.17) is 8.92 Å². The van der Waals surface area contributed by atoms with E-state index in [2.05, 4.69) is 5.32 Å². The average molecular weight is 453 g/mol. The summed E-state index contributed by atoms with van der Waals surface area (Å²) in [5.74, 6) is -0.689. The number of hydrogen-bond donors (Lipinski definition) is 1. The van der Waals surface area contributed by atoms with Crippen LogP contribution in [-0.2, 0) is 35.2 Å². The minimum atomic E-state index is -3.54. The highest BCUT2D eigenvalue weighted by atomic mass is 32.2. The number of likely N-dealkylation sites (N-methyl/N-ethyl adjacent to an activating group) is 1. The predicted molar refractivity (Wildman–Crippen MR) is 114 cm³/mol. The van der Waals surface area contributed by atoms with E-state index >= 15 is 0 Å². The molecular weight excluding hydrogens is 427 g/mol. The van der Waals surface area contributed by atoms with Gasteiger partial charge in [-0.25, -0.2) is 4.39 Å². The van der Waals surface area contributed by atoms with E-state index in [1.54, 1.807) is 48.3 Å². The average Bonchev–Trinajstić information content (AvgIpc) is 2.70. The molecule has 1 amide bonds. The first-order valence-electron chi connectivity index (χ1n) is 9.37. The zero-order valence-corrected chi connectivity index (χ0v) is 18.3. The largest absolute Gasteiger partial charge is 0.461 e. The summed E-state index contributed by atoms with van der Waals surface area (Å²) < 4.78 is 46.6. The Balaban J connectivity index is 2.09. The van der Waals surface area contributed by atoms with E-state index in [1.165, 1.54) is 13.0 Å². The maximum atomic E-state index is 14.8. The third-order valence-corrected chi connectivity index (χ3v) is 4.95. The van der Waals surface area contributed by atoms with Crippen LogP contribution < -0.4 is 10.2 Å². The van der Waals surface area contributed by atoms with Crippen LogP contribution in [0.4, 0.5) is 10.1 Å². The van der Waals surface area contributed by atoms with Crippen LogP contribution in [-0.4, -0.2) is 53.3 Å². The number of hydrogen-bond acceptors (Lipinski definition) is 7. The zero-order valence-electron chi connectivity index (χ0n) is 17.5. The molecule has 0 aliphatic carbocycles. The van der Waals surface area contributed by atoms with Gasteiger partial charge in [-0.15, -0.1) is 0 Å². The lowest BCUT2D eigenvalue weighted by Crippen LogP contribution is -2.39. The lowest BCUT2D eigenvalue weighted by Gasteiger charge is -2.25. The van der Waals surface area contributed by atoms with Crippen LogP contribution >= 0.6 is 0 Å². The van der Waals surface area contributed by atoms with Gasteiger partial charge < -0.3 is 15.0 Å². The number of benzene rings is 2. The Morgan fingerprint density at radius 3 is 2.45 bits per heavy atom. The van der Waals surface area contributed by atoms with E-state index in [1.807, 2.05) is 0 Å². The summed E-state index contributed by atoms with van der Waals surface area (Å²) in [4.78, 5) is 23.5. The molecule has 168 valence electrons. The Morgan fingerprint density at radius 1 is 1.23 bits per heavy atom. The van der Waals surface area contributed by atoms with Crippen molar-refractivity contribution in [1.29, 1.82) is 0 Å². The summed E-state index contributed by atoms with van der Waals surface area (Å²) in [6.45, 7) is 1.99. The summed E-state index contributed by atoms with van der Waals surface area (Å²) in [6, 6.07) is 11.4. The van der Waals surface area contributed by atoms with Gasteiger partial charge in [0.25, 0.3) is 16.6 Å². The molecule has 0 aromatic heterocycles. The van der Waals surface area contributed by atoms with Gasteiger partial charge >= 0.3 is 0 Å². The van der Waals surface area contributed by atoms with E-state index in [-0.39, 0.29) is 25.6 Å². The molecule has 0 unspecified atom stereocenters. The molecule has 0 aliphatic heterocycles. The van der Waals surface area contributed by atoms with Crippen LogP contribution in [0.15, 0.2) is 42.5 Å². The molecule has 0 saturated heterocycles. The second kappa shape index (κ2) is 10.9. The molecular formula is C21H25FN2O6S. The third kappa shape index (κ3) is 7.99. The topological polar surface area (TPSA) is 102 Å². The normalized spacial score (nSPS) is 12.1. The van der Waals surface area contributed by atoms with E-state index < -0.39 is 22.0 Å². The van der Waals surface area contributed by atoms with E-state index in [0.29, 0.717) is 28.8 Å². The molecule has 2 aromatic rings. The van der Waals surface area contributed by atoms with E-state index in [9.17, 15) is 22.4 Å². The Hall–Kier alpha value is -2.98. The van der Waals surface area contributed by atoms with Gasteiger partial charge in [0.2, 0.25) is 5.91 Å². The fraction of sp³-hybridized carbons (Fsp3) is 0.333. The molecule has 2 aromatic carbocycles. The summed E-state index contributed by atoms with van der Waals surface area (Å²) in [7, 11) is -1.82. The number of nitrogens with zero attached hydrogens (tertiary/aromatic N) is 1. The second-order valence-corrected chi connectivity index (χ2v) is 8.64. The fourth-order valence-corrected chi connectivity index (χ4v) is 3.18. The molecule has 10 heteroatoms. The van der Waals surface area contributed by atoms with Crippen LogP contribution in [0.25, 0.3) is 11.1 Å². The summed E-state index contributed by atoms with van der Waals surface area (Å²) in [5, 5.41) is 2.59. The van der Waals surface area contributed by atoms with Gasteiger partial charge in [-0.05, 0) is 29.3 Å². The first-order chi connectivity index (χ1) is 14.6. The van der Waals surface area contributed by atoms with Crippen LogP contribution in [0.1, 0.15) is 12.5 Å². The standard InChI is InChI=1S/C21H25FN2O6S/c1-15(26)23-11-19(29-14-25)12-24(2)18-8-9-20(21(22)10-18)17-6-4-16(5-7-17)13-30-31(3,27)28/h4-10,14,19H,11-13H2,1-3H3,(H,23,26)/t19-/m0/s1. The molecule has 0 spiro atoms. The fourth-order valence-electron chi connectivity index (χ4n) is 2.83. The van der Waals surface area contributed by atoms with Gasteiger partial charge in [-0.3, -0.25) is 13.8 Å². The molecule has 0 heterocycles. The Labute approximate surface area is 181 Å². The van der Waals surface area contributed by atoms with Crippen molar-refractivity contribution < 1.29 is 31.3 Å². The number of halogens is 1. The van der Waals surface area contributed by atoms with Gasteiger partial charge in [-0.2, -0.15) is 8.42 Å². The Kier molecular flexibility index (Phi) is 8.52. The second-order valence-electron chi connectivity index (χ2n) is 7.00. The predicted octanol–water partition coefficient (Wildman–Crippen LogP) is 2.08. The monoisotopic (exact) mass is 452 g/mol. The number of amides is 1. The van der Waals surface area contributed by atoms with Gasteiger partial charge in [-0.1, -0.05) is 24.3 Å². The Morgan fingerprint density at radius 2 is 1.90 bits per heavy atom. The number of carbonyl (C=O) groups excluding carboxylic acids is 2. The third-order valence-electron chi connectivity index (χ3n) is 4.40. The molecule has 31 heavy (non-hydrogen) atoms. The number of carbonyl (C=O) groups is 2. The number of ether oxygens (including phenoxy) is 1. The number of rotatable bonds is 11. The van der Waals surface area contributed by atoms with Crippen molar-refractivity contribution in [2.75, 3.05) is 31.3 Å². The van der Waals surface area contributed by atoms with Crippen molar-refractivity contribution in [2.24, 2.45) is 0 Å². The molecule has 2 rings (SSSR count). The molecule has 0 saturated carbocycles. The van der Waals surface area contributed by atoms with Crippen LogP contribution in [0.2, 0.25) is 0 Å². The van der Waals surface area contributed by atoms with Crippen molar-refractivity contribution in [3.05, 3.63) is 53.8 Å². The van der Waals surface area contributed by atoms with E-state index in [0.717, 1.165) is 6.26 Å². The van der Waals surface area contributed by atoms with Crippen LogP contribution in [0, 0.1) is 5.82 Å². The Bertz CT molecular complexity index is 1010. The molecule has 1 N–H and O–H groups in total. The molecule has 1 atom stereocenters. The van der Waals surface area contributed by atoms with Gasteiger partial charge in [0.1, 0.15) is 11.9 Å². The van der Waals surface area contributed by atoms with Gasteiger partial charge in [0.05, 0.1) is 26.0 Å². The molecule has 0 bridgehead atoms. The van der Waals surface area contributed by atoms with Gasteiger partial charge in [0.15, 0.2) is 0 Å². The number of nitrogens with one attached hydrogen (secondary N) is 1. The lowest BCUT2D eigenvalue weighted by atomic mass is 10.0. The smallest absolute Gasteiger partial charge is 0.293 e. The minimum Gasteiger partial charge on any atom is -0.461 e. The highest BCUT2D eigenvalue weighted by molar-refractivity contribution is 7.85. The zero-order chi connectivity index (χ0) is 23.0. The SMILES string of the molecule is CC(=O)NC[C@@H](CN(C)c1ccc(-c2ccc(COS(C)(=O)=O)cc2)c(F)c1)OC=O. The maximum absolute atomic E-state index is 14.8. The first kappa shape index (κ1) is 24.3. The molecule has 8 nitrogen and oxygen atoms in total. The quantitative estimate of drug-likeness (QED) is 0.411. The highest BCUT2D eigenvalue weighted by Gasteiger charge is 2.15. The van der Waals surface area contributed by atoms with Crippen LogP contribution in [0.3, 0.4) is 0 Å². The molecule has 0 radical (unpaired) electrons. The number of anilines is 1. The molecule has 0 aliphatic rings.